The van der Waals surface area contributed by atoms with Crippen LogP contribution in [0.5, 0.6) is 0 Å². The van der Waals surface area contributed by atoms with Crippen LogP contribution in [-0.2, 0) is 20.9 Å². The van der Waals surface area contributed by atoms with Crippen LogP contribution in [0.1, 0.15) is 52.4 Å². The molecule has 1 saturated carbocycles. The maximum atomic E-state index is 13.0. The van der Waals surface area contributed by atoms with Crippen molar-refractivity contribution in [3.8, 4) is 0 Å². The molecule has 1 aromatic rings. The van der Waals surface area contributed by atoms with Crippen molar-refractivity contribution in [2.24, 2.45) is 11.8 Å². The quantitative estimate of drug-likeness (QED) is 0.615. The zero-order chi connectivity index (χ0) is 22.0. The number of nitrogens with one attached hydrogen (secondary N) is 1. The summed E-state index contributed by atoms with van der Waals surface area (Å²) in [6.45, 7) is 3.58. The minimum absolute atomic E-state index is 0.0971. The smallest absolute Gasteiger partial charge is 0.330 e. The molecule has 10 heteroatoms. The molecular formula is C20H29N5O5. The second-order valence-corrected chi connectivity index (χ2v) is 7.90. The second kappa shape index (κ2) is 8.85. The Morgan fingerprint density at radius 3 is 2.23 bits per heavy atom. The van der Waals surface area contributed by atoms with Gasteiger partial charge in [0.25, 0.3) is 5.56 Å². The number of hydrogen-bond acceptors (Lipinski definition) is 6. The number of nitrogens with two attached hydrogens (primary N) is 1. The first-order valence-corrected chi connectivity index (χ1v) is 10.6. The number of aromatic amines is 1. The van der Waals surface area contributed by atoms with E-state index in [1.165, 1.54) is 4.57 Å². The first kappa shape index (κ1) is 21.8. The molecule has 2 fully saturated rings. The minimum atomic E-state index is -0.770. The summed E-state index contributed by atoms with van der Waals surface area (Å²) in [6.07, 6.45) is 4.61. The van der Waals surface area contributed by atoms with Crippen LogP contribution in [0, 0.1) is 11.8 Å². The molecule has 0 radical (unpaired) electrons. The van der Waals surface area contributed by atoms with E-state index in [4.69, 9.17) is 5.73 Å². The van der Waals surface area contributed by atoms with Crippen LogP contribution in [0.15, 0.2) is 9.59 Å². The summed E-state index contributed by atoms with van der Waals surface area (Å²) in [4.78, 5) is 67.4. The van der Waals surface area contributed by atoms with Crippen LogP contribution in [-0.4, -0.2) is 45.3 Å². The highest BCUT2D eigenvalue weighted by molar-refractivity contribution is 6.09. The molecule has 2 aliphatic rings. The number of amides is 3. The minimum Gasteiger partial charge on any atom is -0.383 e. The Kier molecular flexibility index (Phi) is 6.42. The molecular weight excluding hydrogens is 390 g/mol. The Balaban J connectivity index is 1.88. The topological polar surface area (TPSA) is 139 Å². The van der Waals surface area contributed by atoms with Crippen molar-refractivity contribution < 1.29 is 14.4 Å². The number of rotatable bonds is 7. The number of imide groups is 1. The molecule has 1 aliphatic carbocycles. The van der Waals surface area contributed by atoms with E-state index in [2.05, 4.69) is 4.98 Å². The van der Waals surface area contributed by atoms with Crippen LogP contribution >= 0.6 is 0 Å². The van der Waals surface area contributed by atoms with Gasteiger partial charge in [-0.15, -0.1) is 0 Å². The molecule has 1 aliphatic heterocycles. The summed E-state index contributed by atoms with van der Waals surface area (Å²) >= 11 is 0. The van der Waals surface area contributed by atoms with Gasteiger partial charge in [0, 0.05) is 13.1 Å². The highest BCUT2D eigenvalue weighted by Gasteiger charge is 2.48. The Labute approximate surface area is 174 Å². The van der Waals surface area contributed by atoms with Gasteiger partial charge in [-0.05, 0) is 26.2 Å². The number of likely N-dealkylation sites (tertiary alicyclic amines) is 1. The molecule has 3 rings (SSSR count). The molecule has 10 nitrogen and oxygen atoms in total. The third-order valence-electron chi connectivity index (χ3n) is 6.06. The van der Waals surface area contributed by atoms with Gasteiger partial charge in [-0.1, -0.05) is 26.2 Å². The van der Waals surface area contributed by atoms with Crippen LogP contribution < -0.4 is 21.9 Å². The number of likely N-dealkylation sites (N-methyl/N-ethyl adjacent to an activating group) is 1. The van der Waals surface area contributed by atoms with E-state index in [0.29, 0.717) is 25.8 Å². The fourth-order valence-corrected chi connectivity index (χ4v) is 4.44. The van der Waals surface area contributed by atoms with Crippen LogP contribution in [0.3, 0.4) is 0 Å². The number of unbranched alkanes of at least 4 members (excludes halogenated alkanes) is 1. The molecule has 2 heterocycles. The largest absolute Gasteiger partial charge is 0.383 e. The average Bonchev–Trinajstić information content (AvgIpc) is 2.96. The molecule has 3 N–H and O–H groups in total. The number of carbonyl (C=O) groups is 3. The number of carbonyl (C=O) groups excluding carboxylic acids is 3. The Morgan fingerprint density at radius 2 is 1.70 bits per heavy atom. The van der Waals surface area contributed by atoms with Crippen LogP contribution in [0.4, 0.5) is 11.5 Å². The molecule has 2 unspecified atom stereocenters. The predicted molar refractivity (Wildman–Crippen MR) is 111 cm³/mol. The molecule has 0 spiro atoms. The number of nitrogen functional groups attached to an aromatic ring is 1. The molecule has 1 saturated heterocycles. The molecule has 3 amide bonds. The van der Waals surface area contributed by atoms with E-state index in [-0.39, 0.29) is 41.7 Å². The highest BCUT2D eigenvalue weighted by Crippen LogP contribution is 2.38. The molecule has 2 atom stereocenters. The second-order valence-electron chi connectivity index (χ2n) is 7.90. The number of anilines is 2. The van der Waals surface area contributed by atoms with Crippen LogP contribution in [0.25, 0.3) is 0 Å². The van der Waals surface area contributed by atoms with Gasteiger partial charge in [0.05, 0.1) is 11.8 Å². The summed E-state index contributed by atoms with van der Waals surface area (Å²) in [5.74, 6) is -2.01. The first-order chi connectivity index (χ1) is 14.3. The van der Waals surface area contributed by atoms with Gasteiger partial charge in [-0.2, -0.15) is 0 Å². The van der Waals surface area contributed by atoms with Crippen molar-refractivity contribution in [2.75, 3.05) is 23.7 Å². The fraction of sp³-hybridized carbons (Fsp3) is 0.650. The molecule has 164 valence electrons. The maximum absolute atomic E-state index is 13.0. The summed E-state index contributed by atoms with van der Waals surface area (Å²) in [6, 6.07) is 0. The standard InChI is InChI=1S/C20H29N5O5/c1-3-5-10-24-16(21)15(17(27)22-20(24)30)23(4-2)14(26)11-25-18(28)12-8-6-7-9-13(12)19(25)29/h12-13H,3-11,21H2,1-2H3,(H,22,27,30). The average molecular weight is 419 g/mol. The Hall–Kier alpha value is -2.91. The Bertz CT molecular complexity index is 941. The molecule has 30 heavy (non-hydrogen) atoms. The first-order valence-electron chi connectivity index (χ1n) is 10.6. The summed E-state index contributed by atoms with van der Waals surface area (Å²) in [5, 5.41) is 0. The SMILES string of the molecule is CCCCn1c(N)c(N(CC)C(=O)CN2C(=O)C3CCCCC3C2=O)c(=O)[nH]c1=O. The van der Waals surface area contributed by atoms with Crippen LogP contribution in [0.2, 0.25) is 0 Å². The van der Waals surface area contributed by atoms with Gasteiger partial charge in [0.15, 0.2) is 5.69 Å². The summed E-state index contributed by atoms with van der Waals surface area (Å²) in [7, 11) is 0. The summed E-state index contributed by atoms with van der Waals surface area (Å²) in [5.41, 5.74) is 4.57. The molecule has 0 aromatic carbocycles. The van der Waals surface area contributed by atoms with E-state index < -0.39 is 23.7 Å². The van der Waals surface area contributed by atoms with E-state index in [0.717, 1.165) is 29.1 Å². The van der Waals surface area contributed by atoms with Crippen molar-refractivity contribution >= 4 is 29.2 Å². The number of H-pyrrole nitrogens is 1. The van der Waals surface area contributed by atoms with E-state index in [1.54, 1.807) is 6.92 Å². The number of nitrogens with zero attached hydrogens (tertiary/aromatic N) is 3. The lowest BCUT2D eigenvalue weighted by atomic mass is 9.81. The van der Waals surface area contributed by atoms with Gasteiger partial charge < -0.3 is 10.6 Å². The van der Waals surface area contributed by atoms with Crippen molar-refractivity contribution in [3.05, 3.63) is 20.8 Å². The third kappa shape index (κ3) is 3.78. The lowest BCUT2D eigenvalue weighted by Gasteiger charge is -2.25. The molecule has 0 bridgehead atoms. The summed E-state index contributed by atoms with van der Waals surface area (Å²) < 4.78 is 1.23. The normalized spacial score (nSPS) is 21.1. The van der Waals surface area contributed by atoms with E-state index in [9.17, 15) is 24.0 Å². The molecule has 1 aromatic heterocycles. The maximum Gasteiger partial charge on any atom is 0.330 e. The van der Waals surface area contributed by atoms with Crippen molar-refractivity contribution in [2.45, 2.75) is 58.9 Å². The predicted octanol–water partition coefficient (Wildman–Crippen LogP) is 0.447. The van der Waals surface area contributed by atoms with Gasteiger partial charge in [0.2, 0.25) is 17.7 Å². The number of hydrogen-bond donors (Lipinski definition) is 2. The van der Waals surface area contributed by atoms with E-state index in [1.807, 2.05) is 6.92 Å². The highest BCUT2D eigenvalue weighted by atomic mass is 16.2. The zero-order valence-corrected chi connectivity index (χ0v) is 17.5. The van der Waals surface area contributed by atoms with Gasteiger partial charge in [0.1, 0.15) is 12.4 Å². The van der Waals surface area contributed by atoms with E-state index >= 15 is 0 Å². The Morgan fingerprint density at radius 1 is 1.10 bits per heavy atom. The lowest BCUT2D eigenvalue weighted by Crippen LogP contribution is -2.46. The van der Waals surface area contributed by atoms with Crippen molar-refractivity contribution in [3.63, 3.8) is 0 Å². The third-order valence-corrected chi connectivity index (χ3v) is 6.06. The lowest BCUT2D eigenvalue weighted by molar-refractivity contribution is -0.143. The fourth-order valence-electron chi connectivity index (χ4n) is 4.44. The zero-order valence-electron chi connectivity index (χ0n) is 17.5. The van der Waals surface area contributed by atoms with Crippen molar-refractivity contribution in [1.82, 2.24) is 14.5 Å². The monoisotopic (exact) mass is 419 g/mol. The number of fused-ring (bicyclic) bond motifs is 1. The van der Waals surface area contributed by atoms with Gasteiger partial charge >= 0.3 is 5.69 Å². The number of aromatic nitrogens is 2. The van der Waals surface area contributed by atoms with Crippen molar-refractivity contribution in [1.29, 1.82) is 0 Å². The van der Waals surface area contributed by atoms with Gasteiger partial charge in [-0.25, -0.2) is 4.79 Å². The van der Waals surface area contributed by atoms with Gasteiger partial charge in [-0.3, -0.25) is 33.6 Å².